The maximum absolute atomic E-state index is 5.98. The molecule has 0 radical (unpaired) electrons. The van der Waals surface area contributed by atoms with Crippen molar-refractivity contribution < 1.29 is 4.74 Å². The number of fused-ring (bicyclic) bond motifs is 1. The van der Waals surface area contributed by atoms with Gasteiger partial charge in [0.1, 0.15) is 11.4 Å². The SMILES string of the molecule is CC.CC.CC.COc1ccc(-c2nn3ccccc3c2-c2ccnc(Cl)n2)cc1. The van der Waals surface area contributed by atoms with Gasteiger partial charge in [0, 0.05) is 18.0 Å². The van der Waals surface area contributed by atoms with Crippen molar-refractivity contribution in [1.82, 2.24) is 19.6 Å². The van der Waals surface area contributed by atoms with Crippen LogP contribution in [0.15, 0.2) is 60.9 Å². The second-order valence-electron chi connectivity index (χ2n) is 5.19. The van der Waals surface area contributed by atoms with E-state index in [4.69, 9.17) is 21.4 Å². The van der Waals surface area contributed by atoms with Gasteiger partial charge in [-0.1, -0.05) is 47.6 Å². The van der Waals surface area contributed by atoms with Crippen LogP contribution in [0.25, 0.3) is 28.0 Å². The fraction of sp³-hybridized carbons (Fsp3) is 0.292. The Morgan fingerprint density at radius 2 is 1.53 bits per heavy atom. The maximum atomic E-state index is 5.98. The zero-order valence-corrected chi connectivity index (χ0v) is 19.6. The molecule has 0 aliphatic rings. The van der Waals surface area contributed by atoms with Crippen LogP contribution in [0.1, 0.15) is 41.5 Å². The number of pyridine rings is 1. The fourth-order valence-corrected chi connectivity index (χ4v) is 2.82. The third-order valence-corrected chi connectivity index (χ3v) is 3.97. The molecule has 1 aromatic carbocycles. The highest BCUT2D eigenvalue weighted by molar-refractivity contribution is 6.28. The Morgan fingerprint density at radius 3 is 2.13 bits per heavy atom. The number of hydrogen-bond acceptors (Lipinski definition) is 4. The summed E-state index contributed by atoms with van der Waals surface area (Å²) in [6.45, 7) is 12.0. The molecule has 0 aliphatic heterocycles. The van der Waals surface area contributed by atoms with Crippen LogP contribution in [0.5, 0.6) is 5.75 Å². The molecule has 0 bridgehead atoms. The van der Waals surface area contributed by atoms with E-state index in [2.05, 4.69) is 9.97 Å². The molecule has 0 fully saturated rings. The van der Waals surface area contributed by atoms with E-state index in [0.29, 0.717) is 0 Å². The average Bonchev–Trinajstić information content (AvgIpc) is 3.23. The van der Waals surface area contributed by atoms with Crippen LogP contribution in [0.2, 0.25) is 5.28 Å². The minimum Gasteiger partial charge on any atom is -0.497 e. The minimum absolute atomic E-state index is 0.212. The van der Waals surface area contributed by atoms with Gasteiger partial charge < -0.3 is 4.74 Å². The molecule has 0 N–H and O–H groups in total. The standard InChI is InChI=1S/C18H13ClN4O.3C2H6/c1-24-13-7-5-12(6-8-13)17-16(14-9-10-20-18(19)21-14)15-4-2-3-11-23(15)22-17;3*1-2/h2-11H,1H3;3*1-2H3. The van der Waals surface area contributed by atoms with Crippen LogP contribution in [0.3, 0.4) is 0 Å². The van der Waals surface area contributed by atoms with Crippen molar-refractivity contribution in [3.8, 4) is 28.3 Å². The predicted octanol–water partition coefficient (Wildman–Crippen LogP) is 7.20. The molecule has 0 unspecified atom stereocenters. The van der Waals surface area contributed by atoms with Gasteiger partial charge in [-0.15, -0.1) is 0 Å². The first-order valence-electron chi connectivity index (χ1n) is 10.4. The van der Waals surface area contributed by atoms with E-state index in [1.807, 2.05) is 101 Å². The van der Waals surface area contributed by atoms with Gasteiger partial charge in [-0.3, -0.25) is 0 Å². The molecule has 0 saturated heterocycles. The van der Waals surface area contributed by atoms with Crippen molar-refractivity contribution in [2.75, 3.05) is 7.11 Å². The van der Waals surface area contributed by atoms with Gasteiger partial charge in [-0.25, -0.2) is 14.5 Å². The fourth-order valence-electron chi connectivity index (χ4n) is 2.68. The first-order valence-corrected chi connectivity index (χ1v) is 10.7. The number of methoxy groups -OCH3 is 1. The Balaban J connectivity index is 0.000000691. The number of rotatable bonds is 3. The number of halogens is 1. The number of aromatic nitrogens is 4. The van der Waals surface area contributed by atoms with Gasteiger partial charge in [0.2, 0.25) is 5.28 Å². The van der Waals surface area contributed by atoms with E-state index in [1.165, 1.54) is 0 Å². The second kappa shape index (κ2) is 13.3. The number of benzene rings is 1. The molecular formula is C24H31ClN4O. The number of nitrogens with zero attached hydrogens (tertiary/aromatic N) is 4. The largest absolute Gasteiger partial charge is 0.497 e. The molecule has 4 aromatic rings. The van der Waals surface area contributed by atoms with E-state index in [9.17, 15) is 0 Å². The third-order valence-electron chi connectivity index (χ3n) is 3.79. The molecule has 0 spiro atoms. The highest BCUT2D eigenvalue weighted by Gasteiger charge is 2.17. The topological polar surface area (TPSA) is 52.3 Å². The summed E-state index contributed by atoms with van der Waals surface area (Å²) in [6, 6.07) is 15.5. The lowest BCUT2D eigenvalue weighted by atomic mass is 10.0. The molecule has 0 atom stereocenters. The smallest absolute Gasteiger partial charge is 0.222 e. The Hall–Kier alpha value is -2.92. The normalized spacial score (nSPS) is 9.33. The summed E-state index contributed by atoms with van der Waals surface area (Å²) >= 11 is 5.98. The minimum atomic E-state index is 0.212. The molecule has 30 heavy (non-hydrogen) atoms. The van der Waals surface area contributed by atoms with Crippen molar-refractivity contribution in [1.29, 1.82) is 0 Å². The molecule has 6 heteroatoms. The average molecular weight is 427 g/mol. The zero-order chi connectivity index (χ0) is 22.5. The van der Waals surface area contributed by atoms with Crippen molar-refractivity contribution in [2.24, 2.45) is 0 Å². The quantitative estimate of drug-likeness (QED) is 0.325. The molecule has 0 amide bonds. The van der Waals surface area contributed by atoms with Crippen LogP contribution in [-0.2, 0) is 0 Å². The number of hydrogen-bond donors (Lipinski definition) is 0. The summed E-state index contributed by atoms with van der Waals surface area (Å²) in [5, 5.41) is 4.93. The summed E-state index contributed by atoms with van der Waals surface area (Å²) in [5.74, 6) is 0.800. The molecular weight excluding hydrogens is 396 g/mol. The van der Waals surface area contributed by atoms with E-state index in [-0.39, 0.29) is 5.28 Å². The second-order valence-corrected chi connectivity index (χ2v) is 5.53. The zero-order valence-electron chi connectivity index (χ0n) is 18.8. The Labute approximate surface area is 184 Å². The molecule has 0 saturated carbocycles. The van der Waals surface area contributed by atoms with Gasteiger partial charge in [-0.2, -0.15) is 5.10 Å². The van der Waals surface area contributed by atoms with Gasteiger partial charge in [0.25, 0.3) is 0 Å². The van der Waals surface area contributed by atoms with Gasteiger partial charge in [0.05, 0.1) is 23.9 Å². The predicted molar refractivity (Wildman–Crippen MR) is 127 cm³/mol. The van der Waals surface area contributed by atoms with Crippen LogP contribution in [-0.4, -0.2) is 26.7 Å². The monoisotopic (exact) mass is 426 g/mol. The van der Waals surface area contributed by atoms with Crippen molar-refractivity contribution in [3.63, 3.8) is 0 Å². The molecule has 5 nitrogen and oxygen atoms in total. The highest BCUT2D eigenvalue weighted by atomic mass is 35.5. The van der Waals surface area contributed by atoms with Crippen LogP contribution in [0.4, 0.5) is 0 Å². The molecule has 3 aromatic heterocycles. The first-order chi connectivity index (χ1) is 14.8. The van der Waals surface area contributed by atoms with Gasteiger partial charge in [-0.05, 0) is 54.1 Å². The first kappa shape index (κ1) is 25.1. The third kappa shape index (κ3) is 5.80. The molecule has 4 rings (SSSR count). The van der Waals surface area contributed by atoms with Crippen LogP contribution >= 0.6 is 11.6 Å². The highest BCUT2D eigenvalue weighted by Crippen LogP contribution is 2.34. The Bertz CT molecular complexity index is 1010. The lowest BCUT2D eigenvalue weighted by Gasteiger charge is -2.04. The molecule has 3 heterocycles. The summed E-state index contributed by atoms with van der Waals surface area (Å²) in [4.78, 5) is 8.33. The van der Waals surface area contributed by atoms with Gasteiger partial charge in [0.15, 0.2) is 0 Å². The molecule has 0 aliphatic carbocycles. The van der Waals surface area contributed by atoms with Crippen molar-refractivity contribution in [2.45, 2.75) is 41.5 Å². The maximum Gasteiger partial charge on any atom is 0.222 e. The summed E-state index contributed by atoms with van der Waals surface area (Å²) in [7, 11) is 1.65. The Morgan fingerprint density at radius 1 is 0.867 bits per heavy atom. The summed E-state index contributed by atoms with van der Waals surface area (Å²) < 4.78 is 7.07. The van der Waals surface area contributed by atoms with Crippen LogP contribution in [0, 0.1) is 0 Å². The van der Waals surface area contributed by atoms with E-state index < -0.39 is 0 Å². The lowest BCUT2D eigenvalue weighted by molar-refractivity contribution is 0.415. The summed E-state index contributed by atoms with van der Waals surface area (Å²) in [5.41, 5.74) is 4.42. The van der Waals surface area contributed by atoms with E-state index >= 15 is 0 Å². The Kier molecular flexibility index (Phi) is 11.2. The summed E-state index contributed by atoms with van der Waals surface area (Å²) in [6.07, 6.45) is 3.56. The van der Waals surface area contributed by atoms with E-state index in [1.54, 1.807) is 13.3 Å². The molecule has 160 valence electrons. The van der Waals surface area contributed by atoms with Crippen LogP contribution < -0.4 is 4.74 Å². The number of ether oxygens (including phenoxy) is 1. The lowest BCUT2D eigenvalue weighted by Crippen LogP contribution is -1.89. The van der Waals surface area contributed by atoms with E-state index in [0.717, 1.165) is 33.8 Å². The van der Waals surface area contributed by atoms with Crippen molar-refractivity contribution in [3.05, 3.63) is 66.2 Å². The van der Waals surface area contributed by atoms with Gasteiger partial charge >= 0.3 is 0 Å². The van der Waals surface area contributed by atoms with Crippen molar-refractivity contribution >= 4 is 17.1 Å².